The highest BCUT2D eigenvalue weighted by Crippen LogP contribution is 2.36. The number of hydrogen-bond donors (Lipinski definition) is 2. The Bertz CT molecular complexity index is 471. The van der Waals surface area contributed by atoms with Gasteiger partial charge < -0.3 is 15.3 Å². The number of nitrogens with zero attached hydrogens (tertiary/aromatic N) is 2. The van der Waals surface area contributed by atoms with Crippen LogP contribution in [0.3, 0.4) is 0 Å². The second-order valence-corrected chi connectivity index (χ2v) is 5.08. The fraction of sp³-hybridized carbons (Fsp3) is 0.571. The van der Waals surface area contributed by atoms with Crippen LogP contribution in [-0.2, 0) is 0 Å². The Hall–Kier alpha value is -1.82. The smallest absolute Gasteiger partial charge is 0.315 e. The predicted molar refractivity (Wildman–Crippen MR) is 79.3 cm³/mol. The number of para-hydroxylation sites is 1. The van der Waals surface area contributed by atoms with Crippen LogP contribution in [0, 0.1) is 10.1 Å². The van der Waals surface area contributed by atoms with E-state index >= 15 is 0 Å². The highest BCUT2D eigenvalue weighted by molar-refractivity contribution is 5.77. The van der Waals surface area contributed by atoms with E-state index in [9.17, 15) is 15.2 Å². The number of hydrogen-bond acceptors (Lipinski definition) is 5. The number of nitro groups is 1. The van der Waals surface area contributed by atoms with Crippen LogP contribution in [0.15, 0.2) is 18.2 Å². The molecule has 6 nitrogen and oxygen atoms in total. The van der Waals surface area contributed by atoms with Crippen LogP contribution in [-0.4, -0.2) is 35.8 Å². The molecule has 2 N–H and O–H groups in total. The summed E-state index contributed by atoms with van der Waals surface area (Å²) in [6.07, 6.45) is 1.94. The molecule has 1 aromatic carbocycles. The summed E-state index contributed by atoms with van der Waals surface area (Å²) in [5.74, 6) is 0. The summed E-state index contributed by atoms with van der Waals surface area (Å²) in [6, 6.07) is 5.37. The highest BCUT2D eigenvalue weighted by Gasteiger charge is 2.26. The molecule has 0 amide bonds. The number of aliphatic hydroxyl groups excluding tert-OH is 1. The van der Waals surface area contributed by atoms with Crippen molar-refractivity contribution in [3.8, 4) is 0 Å². The fourth-order valence-electron chi connectivity index (χ4n) is 2.49. The van der Waals surface area contributed by atoms with Crippen molar-refractivity contribution in [3.05, 3.63) is 28.3 Å². The molecule has 110 valence electrons. The van der Waals surface area contributed by atoms with Gasteiger partial charge in [-0.05, 0) is 31.4 Å². The first-order chi connectivity index (χ1) is 9.63. The molecule has 1 fully saturated rings. The molecule has 0 unspecified atom stereocenters. The molecule has 0 saturated carbocycles. The number of nitrogens with one attached hydrogen (secondary N) is 1. The van der Waals surface area contributed by atoms with E-state index in [0.717, 1.165) is 6.42 Å². The van der Waals surface area contributed by atoms with Gasteiger partial charge in [0.1, 0.15) is 11.4 Å². The zero-order chi connectivity index (χ0) is 14.5. The first-order valence-corrected chi connectivity index (χ1v) is 7.07. The van der Waals surface area contributed by atoms with E-state index in [4.69, 9.17) is 0 Å². The van der Waals surface area contributed by atoms with Crippen LogP contribution in [0.25, 0.3) is 0 Å². The van der Waals surface area contributed by atoms with E-state index < -0.39 is 0 Å². The van der Waals surface area contributed by atoms with Crippen molar-refractivity contribution < 1.29 is 10.0 Å². The summed E-state index contributed by atoms with van der Waals surface area (Å²) in [6.45, 7) is 4.04. The molecule has 20 heavy (non-hydrogen) atoms. The van der Waals surface area contributed by atoms with E-state index in [0.29, 0.717) is 43.9 Å². The maximum atomic E-state index is 11.4. The summed E-state index contributed by atoms with van der Waals surface area (Å²) >= 11 is 0. The second-order valence-electron chi connectivity index (χ2n) is 5.08. The highest BCUT2D eigenvalue weighted by atomic mass is 16.6. The van der Waals surface area contributed by atoms with E-state index in [2.05, 4.69) is 5.32 Å². The SMILES string of the molecule is CCCNc1cccc(N2CCC(O)CC2)c1[N+](=O)[O-]. The Labute approximate surface area is 118 Å². The summed E-state index contributed by atoms with van der Waals surface area (Å²) in [5.41, 5.74) is 1.35. The molecule has 0 aromatic heterocycles. The van der Waals surface area contributed by atoms with Gasteiger partial charge in [0.25, 0.3) is 0 Å². The summed E-state index contributed by atoms with van der Waals surface area (Å²) in [5, 5.41) is 24.1. The van der Waals surface area contributed by atoms with Gasteiger partial charge in [-0.25, -0.2) is 0 Å². The van der Waals surface area contributed by atoms with E-state index in [1.807, 2.05) is 17.9 Å². The monoisotopic (exact) mass is 279 g/mol. The number of nitro benzene ring substituents is 1. The van der Waals surface area contributed by atoms with Crippen LogP contribution in [0.4, 0.5) is 17.1 Å². The molecular formula is C14H21N3O3. The van der Waals surface area contributed by atoms with Crippen molar-refractivity contribution in [2.24, 2.45) is 0 Å². The van der Waals surface area contributed by atoms with Crippen molar-refractivity contribution in [1.82, 2.24) is 0 Å². The van der Waals surface area contributed by atoms with E-state index in [1.54, 1.807) is 12.1 Å². The molecule has 0 spiro atoms. The molecular weight excluding hydrogens is 258 g/mol. The minimum Gasteiger partial charge on any atom is -0.393 e. The standard InChI is InChI=1S/C14H21N3O3/c1-2-8-15-12-4-3-5-13(14(12)17(19)20)16-9-6-11(18)7-10-16/h3-5,11,15,18H,2,6-10H2,1H3. The third kappa shape index (κ3) is 3.19. The zero-order valence-electron chi connectivity index (χ0n) is 11.7. The lowest BCUT2D eigenvalue weighted by atomic mass is 10.1. The molecule has 0 bridgehead atoms. The van der Waals surface area contributed by atoms with E-state index in [-0.39, 0.29) is 16.7 Å². The summed E-state index contributed by atoms with van der Waals surface area (Å²) < 4.78 is 0. The lowest BCUT2D eigenvalue weighted by Crippen LogP contribution is -2.36. The molecule has 0 radical (unpaired) electrons. The van der Waals surface area contributed by atoms with Crippen molar-refractivity contribution in [1.29, 1.82) is 0 Å². The third-order valence-electron chi connectivity index (χ3n) is 3.57. The normalized spacial score (nSPS) is 16.2. The van der Waals surface area contributed by atoms with Crippen LogP contribution >= 0.6 is 0 Å². The van der Waals surface area contributed by atoms with Gasteiger partial charge in [-0.3, -0.25) is 10.1 Å². The molecule has 0 aliphatic carbocycles. The Morgan fingerprint density at radius 2 is 2.15 bits per heavy atom. The Kier molecular flexibility index (Phi) is 4.79. The Morgan fingerprint density at radius 3 is 2.75 bits per heavy atom. The topological polar surface area (TPSA) is 78.6 Å². The van der Waals surface area contributed by atoms with Crippen LogP contribution in [0.1, 0.15) is 26.2 Å². The van der Waals surface area contributed by atoms with Crippen LogP contribution < -0.4 is 10.2 Å². The van der Waals surface area contributed by atoms with Gasteiger partial charge >= 0.3 is 5.69 Å². The maximum Gasteiger partial charge on any atom is 0.315 e. The average Bonchev–Trinajstić information content (AvgIpc) is 2.45. The Morgan fingerprint density at radius 1 is 1.45 bits per heavy atom. The molecule has 1 aromatic rings. The van der Waals surface area contributed by atoms with Gasteiger partial charge in [-0.1, -0.05) is 13.0 Å². The first kappa shape index (κ1) is 14.6. The molecule has 2 rings (SSSR count). The number of rotatable bonds is 5. The lowest BCUT2D eigenvalue weighted by molar-refractivity contribution is -0.383. The van der Waals surface area contributed by atoms with Gasteiger partial charge in [0, 0.05) is 19.6 Å². The van der Waals surface area contributed by atoms with Gasteiger partial charge in [0.15, 0.2) is 0 Å². The van der Waals surface area contributed by atoms with Crippen LogP contribution in [0.2, 0.25) is 0 Å². The van der Waals surface area contributed by atoms with Crippen LogP contribution in [0.5, 0.6) is 0 Å². The number of benzene rings is 1. The maximum absolute atomic E-state index is 11.4. The molecule has 1 heterocycles. The van der Waals surface area contributed by atoms with Crippen molar-refractivity contribution >= 4 is 17.1 Å². The molecule has 0 atom stereocenters. The van der Waals surface area contributed by atoms with Crippen molar-refractivity contribution in [2.75, 3.05) is 29.9 Å². The molecule has 1 aliphatic heterocycles. The van der Waals surface area contributed by atoms with Gasteiger partial charge in [0.2, 0.25) is 0 Å². The fourth-order valence-corrected chi connectivity index (χ4v) is 2.49. The largest absolute Gasteiger partial charge is 0.393 e. The number of aliphatic hydroxyl groups is 1. The third-order valence-corrected chi connectivity index (χ3v) is 3.57. The van der Waals surface area contributed by atoms with E-state index in [1.165, 1.54) is 0 Å². The van der Waals surface area contributed by atoms with Crippen molar-refractivity contribution in [2.45, 2.75) is 32.3 Å². The minimum absolute atomic E-state index is 0.136. The molecule has 6 heteroatoms. The van der Waals surface area contributed by atoms with Crippen molar-refractivity contribution in [3.63, 3.8) is 0 Å². The predicted octanol–water partition coefficient (Wildman–Crippen LogP) is 2.38. The second kappa shape index (κ2) is 6.56. The summed E-state index contributed by atoms with van der Waals surface area (Å²) in [4.78, 5) is 13.1. The number of anilines is 2. The quantitative estimate of drug-likeness (QED) is 0.639. The molecule has 1 saturated heterocycles. The van der Waals surface area contributed by atoms with Gasteiger partial charge in [0.05, 0.1) is 11.0 Å². The molecule has 1 aliphatic rings. The first-order valence-electron chi connectivity index (χ1n) is 7.07. The zero-order valence-corrected chi connectivity index (χ0v) is 11.7. The average molecular weight is 279 g/mol. The number of piperidine rings is 1. The minimum atomic E-state index is -0.321. The van der Waals surface area contributed by atoms with Gasteiger partial charge in [-0.15, -0.1) is 0 Å². The summed E-state index contributed by atoms with van der Waals surface area (Å²) in [7, 11) is 0. The lowest BCUT2D eigenvalue weighted by Gasteiger charge is -2.31. The Balaban J connectivity index is 2.29. The van der Waals surface area contributed by atoms with Gasteiger partial charge in [-0.2, -0.15) is 0 Å².